The minimum Gasteiger partial charge on any atom is -0.376 e. The molecule has 2 aliphatic rings. The van der Waals surface area contributed by atoms with E-state index in [9.17, 15) is 14.0 Å². The van der Waals surface area contributed by atoms with Crippen molar-refractivity contribution in [2.24, 2.45) is 0 Å². The lowest BCUT2D eigenvalue weighted by atomic mass is 10.1. The summed E-state index contributed by atoms with van der Waals surface area (Å²) < 4.78 is 22.4. The van der Waals surface area contributed by atoms with Gasteiger partial charge in [0.15, 0.2) is 10.9 Å². The van der Waals surface area contributed by atoms with Crippen molar-refractivity contribution in [3.63, 3.8) is 0 Å². The Morgan fingerprint density at radius 3 is 2.61 bits per heavy atom. The normalized spacial score (nSPS) is 18.7. The fourth-order valence-corrected chi connectivity index (χ4v) is 5.34. The van der Waals surface area contributed by atoms with E-state index in [0.717, 1.165) is 42.5 Å². The molecule has 2 aromatic rings. The summed E-state index contributed by atoms with van der Waals surface area (Å²) in [5.74, 6) is -0.172. The Kier molecular flexibility index (Phi) is 7.38. The Morgan fingerprint density at radius 2 is 1.97 bits per heavy atom. The second-order valence-corrected chi connectivity index (χ2v) is 9.63. The molecule has 1 aromatic carbocycles. The SMILES string of the molecule is CC(=O)c1ccc(N2CCN(C(=O)CSc3nc(C)c(C)n3CC3CCCO3)CC2)c(F)c1. The molecule has 9 heteroatoms. The first-order valence-electron chi connectivity index (χ1n) is 11.4. The predicted molar refractivity (Wildman–Crippen MR) is 127 cm³/mol. The molecule has 0 spiro atoms. The van der Waals surface area contributed by atoms with Gasteiger partial charge in [0.1, 0.15) is 5.82 Å². The van der Waals surface area contributed by atoms with Crippen molar-refractivity contribution in [1.29, 1.82) is 0 Å². The molecule has 1 atom stereocenters. The molecule has 7 nitrogen and oxygen atoms in total. The van der Waals surface area contributed by atoms with Crippen LogP contribution in [0.2, 0.25) is 0 Å². The van der Waals surface area contributed by atoms with Gasteiger partial charge in [-0.15, -0.1) is 0 Å². The highest BCUT2D eigenvalue weighted by Gasteiger charge is 2.25. The van der Waals surface area contributed by atoms with Crippen LogP contribution in [0.15, 0.2) is 23.4 Å². The molecular formula is C24H31FN4O3S. The van der Waals surface area contributed by atoms with E-state index in [1.807, 2.05) is 16.7 Å². The van der Waals surface area contributed by atoms with Gasteiger partial charge in [0.05, 0.1) is 29.8 Å². The van der Waals surface area contributed by atoms with Gasteiger partial charge in [0.25, 0.3) is 0 Å². The molecule has 0 bridgehead atoms. The lowest BCUT2D eigenvalue weighted by Gasteiger charge is -2.36. The summed E-state index contributed by atoms with van der Waals surface area (Å²) in [5, 5.41) is 0.861. The monoisotopic (exact) mass is 474 g/mol. The number of hydrogen-bond donors (Lipinski definition) is 0. The van der Waals surface area contributed by atoms with Gasteiger partial charge in [-0.2, -0.15) is 0 Å². The van der Waals surface area contributed by atoms with Crippen LogP contribution >= 0.6 is 11.8 Å². The number of carbonyl (C=O) groups is 2. The number of ketones is 1. The van der Waals surface area contributed by atoms with E-state index in [-0.39, 0.29) is 17.8 Å². The first-order chi connectivity index (χ1) is 15.8. The van der Waals surface area contributed by atoms with Crippen LogP contribution in [-0.2, 0) is 16.1 Å². The summed E-state index contributed by atoms with van der Waals surface area (Å²) in [6.07, 6.45) is 2.36. The number of Topliss-reactive ketones (excluding diaryl/α,β-unsaturated/α-hetero) is 1. The number of ether oxygens (including phenoxy) is 1. The molecule has 0 radical (unpaired) electrons. The molecule has 2 aliphatic heterocycles. The average Bonchev–Trinajstić information content (AvgIpc) is 3.41. The summed E-state index contributed by atoms with van der Waals surface area (Å²) in [4.78, 5) is 32.8. The zero-order valence-electron chi connectivity index (χ0n) is 19.5. The Labute approximate surface area is 198 Å². The second kappa shape index (κ2) is 10.3. The number of rotatable bonds is 7. The molecule has 3 heterocycles. The van der Waals surface area contributed by atoms with Crippen LogP contribution < -0.4 is 4.90 Å². The third kappa shape index (κ3) is 5.41. The van der Waals surface area contributed by atoms with Crippen LogP contribution in [0.3, 0.4) is 0 Å². The van der Waals surface area contributed by atoms with Gasteiger partial charge >= 0.3 is 0 Å². The number of imidazole rings is 1. The lowest BCUT2D eigenvalue weighted by Crippen LogP contribution is -2.49. The fourth-order valence-electron chi connectivity index (χ4n) is 4.34. The first-order valence-corrected chi connectivity index (χ1v) is 12.4. The van der Waals surface area contributed by atoms with E-state index in [0.29, 0.717) is 43.2 Å². The van der Waals surface area contributed by atoms with Crippen LogP contribution in [0.4, 0.5) is 10.1 Å². The van der Waals surface area contributed by atoms with Crippen molar-refractivity contribution >= 4 is 29.1 Å². The minimum atomic E-state index is -0.401. The Balaban J connectivity index is 1.32. The third-order valence-electron chi connectivity index (χ3n) is 6.48. The van der Waals surface area contributed by atoms with Crippen molar-refractivity contribution in [3.8, 4) is 0 Å². The molecule has 33 heavy (non-hydrogen) atoms. The highest BCUT2D eigenvalue weighted by Crippen LogP contribution is 2.26. The Morgan fingerprint density at radius 1 is 1.21 bits per heavy atom. The zero-order valence-corrected chi connectivity index (χ0v) is 20.3. The number of aromatic nitrogens is 2. The van der Waals surface area contributed by atoms with Crippen molar-refractivity contribution in [2.75, 3.05) is 43.4 Å². The smallest absolute Gasteiger partial charge is 0.233 e. The molecule has 0 saturated carbocycles. The number of carbonyl (C=O) groups excluding carboxylic acids is 2. The zero-order chi connectivity index (χ0) is 23.5. The van der Waals surface area contributed by atoms with Crippen molar-refractivity contribution in [3.05, 3.63) is 41.0 Å². The van der Waals surface area contributed by atoms with Crippen molar-refractivity contribution in [2.45, 2.75) is 51.4 Å². The number of amides is 1. The summed E-state index contributed by atoms with van der Waals surface area (Å²) in [5.41, 5.74) is 2.94. The number of thioether (sulfide) groups is 1. The van der Waals surface area contributed by atoms with Gasteiger partial charge in [-0.1, -0.05) is 11.8 Å². The number of benzene rings is 1. The molecule has 0 aliphatic carbocycles. The van der Waals surface area contributed by atoms with E-state index < -0.39 is 5.82 Å². The molecular weight excluding hydrogens is 443 g/mol. The van der Waals surface area contributed by atoms with E-state index in [4.69, 9.17) is 4.74 Å². The quantitative estimate of drug-likeness (QED) is 0.452. The van der Waals surface area contributed by atoms with Gasteiger partial charge in [-0.05, 0) is 51.8 Å². The Bertz CT molecular complexity index is 1030. The minimum absolute atomic E-state index is 0.0639. The number of aryl methyl sites for hydroxylation is 1. The maximum absolute atomic E-state index is 14.5. The summed E-state index contributed by atoms with van der Waals surface area (Å²) in [6.45, 7) is 9.25. The highest BCUT2D eigenvalue weighted by molar-refractivity contribution is 7.99. The molecule has 4 rings (SSSR count). The molecule has 1 amide bonds. The Hall–Kier alpha value is -2.39. The third-order valence-corrected chi connectivity index (χ3v) is 7.45. The van der Waals surface area contributed by atoms with Crippen LogP contribution in [0.25, 0.3) is 0 Å². The number of piperazine rings is 1. The maximum atomic E-state index is 14.5. The van der Waals surface area contributed by atoms with Gasteiger partial charge in [-0.3, -0.25) is 9.59 Å². The first kappa shape index (κ1) is 23.8. The molecule has 2 saturated heterocycles. The van der Waals surface area contributed by atoms with Gasteiger partial charge < -0.3 is 19.1 Å². The average molecular weight is 475 g/mol. The van der Waals surface area contributed by atoms with Gasteiger partial charge in [-0.25, -0.2) is 9.37 Å². The summed E-state index contributed by atoms with van der Waals surface area (Å²) in [7, 11) is 0. The number of anilines is 1. The number of nitrogens with zero attached hydrogens (tertiary/aromatic N) is 4. The maximum Gasteiger partial charge on any atom is 0.233 e. The fraction of sp³-hybridized carbons (Fsp3) is 0.542. The van der Waals surface area contributed by atoms with Crippen LogP contribution in [0.5, 0.6) is 0 Å². The standard InChI is InChI=1S/C24H31FN4O3S/c1-16-17(2)29(14-20-5-4-12-32-20)24(26-16)33-15-23(31)28-10-8-27(9-11-28)22-7-6-19(18(3)30)13-21(22)25/h6-7,13,20H,4-5,8-12,14-15H2,1-3H3. The predicted octanol–water partition coefficient (Wildman–Crippen LogP) is 3.46. The van der Waals surface area contributed by atoms with Crippen LogP contribution in [0.1, 0.15) is 41.5 Å². The van der Waals surface area contributed by atoms with E-state index in [1.165, 1.54) is 24.8 Å². The van der Waals surface area contributed by atoms with Gasteiger partial charge in [0.2, 0.25) is 5.91 Å². The molecule has 1 unspecified atom stereocenters. The second-order valence-electron chi connectivity index (χ2n) is 8.69. The molecule has 0 N–H and O–H groups in total. The highest BCUT2D eigenvalue weighted by atomic mass is 32.2. The number of hydrogen-bond acceptors (Lipinski definition) is 6. The lowest BCUT2D eigenvalue weighted by molar-refractivity contribution is -0.128. The van der Waals surface area contributed by atoms with Crippen molar-refractivity contribution < 1.29 is 18.7 Å². The van der Waals surface area contributed by atoms with E-state index in [2.05, 4.69) is 16.5 Å². The van der Waals surface area contributed by atoms with E-state index in [1.54, 1.807) is 12.1 Å². The summed E-state index contributed by atoms with van der Waals surface area (Å²) >= 11 is 1.47. The van der Waals surface area contributed by atoms with Crippen molar-refractivity contribution in [1.82, 2.24) is 14.5 Å². The largest absolute Gasteiger partial charge is 0.376 e. The molecule has 178 valence electrons. The van der Waals surface area contributed by atoms with Gasteiger partial charge in [0, 0.05) is 44.0 Å². The van der Waals surface area contributed by atoms with Crippen LogP contribution in [-0.4, -0.2) is 70.8 Å². The molecule has 2 fully saturated rings. The molecule has 1 aromatic heterocycles. The van der Waals surface area contributed by atoms with E-state index >= 15 is 0 Å². The summed E-state index contributed by atoms with van der Waals surface area (Å²) in [6, 6.07) is 4.59. The topological polar surface area (TPSA) is 67.7 Å². The number of halogens is 1. The van der Waals surface area contributed by atoms with Crippen LogP contribution in [0, 0.1) is 19.7 Å².